The largest absolute Gasteiger partial charge is 0.469 e. The number of methoxy groups -OCH3 is 1. The summed E-state index contributed by atoms with van der Waals surface area (Å²) in [4.78, 5) is 38.6. The monoisotopic (exact) mass is 372 g/mol. The number of hydrogen-bond acceptors (Lipinski definition) is 4. The Kier molecular flexibility index (Phi) is 6.14. The topological polar surface area (TPSA) is 75.7 Å². The molecule has 1 N–H and O–H groups in total. The average Bonchev–Trinajstić information content (AvgIpc) is 3.08. The number of aryl methyl sites for hydroxylation is 1. The number of amides is 2. The van der Waals surface area contributed by atoms with E-state index >= 15 is 0 Å². The van der Waals surface area contributed by atoms with Crippen LogP contribution in [0, 0.1) is 24.7 Å². The van der Waals surface area contributed by atoms with Gasteiger partial charge in [-0.1, -0.05) is 30.5 Å². The molecule has 6 heteroatoms. The number of carbonyl (C=O) groups is 3. The third-order valence-corrected chi connectivity index (χ3v) is 5.79. The van der Waals surface area contributed by atoms with Crippen molar-refractivity contribution in [2.45, 2.75) is 39.0 Å². The molecule has 1 aromatic carbocycles. The van der Waals surface area contributed by atoms with E-state index in [1.54, 1.807) is 4.90 Å². The van der Waals surface area contributed by atoms with Gasteiger partial charge in [-0.3, -0.25) is 14.4 Å². The first-order valence-electron chi connectivity index (χ1n) is 9.72. The van der Waals surface area contributed by atoms with Crippen LogP contribution in [0.25, 0.3) is 0 Å². The summed E-state index contributed by atoms with van der Waals surface area (Å²) < 4.78 is 4.91. The molecule has 1 heterocycles. The quantitative estimate of drug-likeness (QED) is 0.806. The van der Waals surface area contributed by atoms with Gasteiger partial charge in [-0.05, 0) is 37.8 Å². The molecule has 1 saturated heterocycles. The molecule has 1 aliphatic carbocycles. The van der Waals surface area contributed by atoms with E-state index in [-0.39, 0.29) is 42.0 Å². The smallest absolute Gasteiger partial charge is 0.309 e. The van der Waals surface area contributed by atoms with Gasteiger partial charge in [0.2, 0.25) is 11.8 Å². The zero-order chi connectivity index (χ0) is 19.4. The number of esters is 1. The molecule has 3 unspecified atom stereocenters. The van der Waals surface area contributed by atoms with E-state index in [0.717, 1.165) is 36.9 Å². The summed E-state index contributed by atoms with van der Waals surface area (Å²) in [7, 11) is 1.41. The second-order valence-corrected chi connectivity index (χ2v) is 7.66. The van der Waals surface area contributed by atoms with Crippen molar-refractivity contribution in [1.29, 1.82) is 0 Å². The Labute approximate surface area is 160 Å². The fraction of sp³-hybridized carbons (Fsp3) is 0.571. The van der Waals surface area contributed by atoms with Crippen molar-refractivity contribution < 1.29 is 19.1 Å². The van der Waals surface area contributed by atoms with Crippen molar-refractivity contribution in [3.05, 3.63) is 29.8 Å². The fourth-order valence-electron chi connectivity index (χ4n) is 4.15. The van der Waals surface area contributed by atoms with E-state index in [4.69, 9.17) is 4.74 Å². The van der Waals surface area contributed by atoms with Gasteiger partial charge in [0, 0.05) is 25.2 Å². The number of ether oxygens (including phenoxy) is 1. The van der Waals surface area contributed by atoms with Gasteiger partial charge in [0.05, 0.1) is 18.9 Å². The molecule has 6 nitrogen and oxygen atoms in total. The summed E-state index contributed by atoms with van der Waals surface area (Å²) in [5.74, 6) is -0.690. The number of hydrogen-bond donors (Lipinski definition) is 1. The molecule has 0 aromatic heterocycles. The summed E-state index contributed by atoms with van der Waals surface area (Å²) in [5, 5.41) is 2.98. The van der Waals surface area contributed by atoms with Crippen molar-refractivity contribution in [3.8, 4) is 0 Å². The molecule has 146 valence electrons. The summed E-state index contributed by atoms with van der Waals surface area (Å²) in [5.41, 5.74) is 1.96. The standard InChI is InChI=1S/C21H28N2O4/c1-14-7-9-17(10-8-14)23-13-16(11-19(23)24)20(25)22-12-15-5-3-4-6-18(15)21(26)27-2/h7-10,15-16,18H,3-6,11-13H2,1-2H3,(H,22,25). The highest BCUT2D eigenvalue weighted by molar-refractivity contribution is 6.00. The zero-order valence-corrected chi connectivity index (χ0v) is 16.1. The lowest BCUT2D eigenvalue weighted by molar-refractivity contribution is -0.148. The molecule has 3 rings (SSSR count). The van der Waals surface area contributed by atoms with Crippen LogP contribution >= 0.6 is 0 Å². The lowest BCUT2D eigenvalue weighted by Crippen LogP contribution is -2.40. The van der Waals surface area contributed by atoms with Crippen LogP contribution in [0.5, 0.6) is 0 Å². The fourth-order valence-corrected chi connectivity index (χ4v) is 4.15. The van der Waals surface area contributed by atoms with Gasteiger partial charge in [-0.15, -0.1) is 0 Å². The zero-order valence-electron chi connectivity index (χ0n) is 16.1. The Morgan fingerprint density at radius 2 is 1.89 bits per heavy atom. The Morgan fingerprint density at radius 1 is 1.19 bits per heavy atom. The highest BCUT2D eigenvalue weighted by Gasteiger charge is 2.36. The number of nitrogens with one attached hydrogen (secondary N) is 1. The molecule has 1 saturated carbocycles. The Bertz CT molecular complexity index is 701. The molecule has 2 amide bonds. The van der Waals surface area contributed by atoms with E-state index in [1.807, 2.05) is 31.2 Å². The van der Waals surface area contributed by atoms with Crippen LogP contribution < -0.4 is 10.2 Å². The van der Waals surface area contributed by atoms with Crippen LogP contribution in [-0.4, -0.2) is 38.0 Å². The molecular weight excluding hydrogens is 344 g/mol. The maximum Gasteiger partial charge on any atom is 0.309 e. The van der Waals surface area contributed by atoms with Crippen molar-refractivity contribution in [2.75, 3.05) is 25.1 Å². The molecule has 0 radical (unpaired) electrons. The normalized spacial score (nSPS) is 25.3. The first-order valence-corrected chi connectivity index (χ1v) is 9.72. The molecule has 0 spiro atoms. The molecule has 0 bridgehead atoms. The van der Waals surface area contributed by atoms with Crippen molar-refractivity contribution >= 4 is 23.5 Å². The molecule has 1 aromatic rings. The van der Waals surface area contributed by atoms with Gasteiger partial charge in [-0.25, -0.2) is 0 Å². The number of benzene rings is 1. The lowest BCUT2D eigenvalue weighted by Gasteiger charge is -2.29. The van der Waals surface area contributed by atoms with E-state index in [0.29, 0.717) is 13.1 Å². The Morgan fingerprint density at radius 3 is 2.59 bits per heavy atom. The summed E-state index contributed by atoms with van der Waals surface area (Å²) in [6.45, 7) is 2.87. The predicted octanol–water partition coefficient (Wildman–Crippen LogP) is 2.44. The van der Waals surface area contributed by atoms with E-state index in [2.05, 4.69) is 5.32 Å². The van der Waals surface area contributed by atoms with Gasteiger partial charge in [0.1, 0.15) is 0 Å². The van der Waals surface area contributed by atoms with E-state index in [9.17, 15) is 14.4 Å². The van der Waals surface area contributed by atoms with Crippen molar-refractivity contribution in [3.63, 3.8) is 0 Å². The Balaban J connectivity index is 1.56. The first kappa shape index (κ1) is 19.4. The maximum atomic E-state index is 12.6. The third-order valence-electron chi connectivity index (χ3n) is 5.79. The minimum atomic E-state index is -0.348. The number of anilines is 1. The summed E-state index contributed by atoms with van der Waals surface area (Å²) >= 11 is 0. The maximum absolute atomic E-state index is 12.6. The SMILES string of the molecule is COC(=O)C1CCCCC1CNC(=O)C1CC(=O)N(c2ccc(C)cc2)C1. The number of carbonyl (C=O) groups excluding carboxylic acids is 3. The second-order valence-electron chi connectivity index (χ2n) is 7.66. The van der Waals surface area contributed by atoms with E-state index < -0.39 is 0 Å². The van der Waals surface area contributed by atoms with Crippen LogP contribution in [0.3, 0.4) is 0 Å². The van der Waals surface area contributed by atoms with Crippen LogP contribution in [0.1, 0.15) is 37.7 Å². The second kappa shape index (κ2) is 8.55. The summed E-state index contributed by atoms with van der Waals surface area (Å²) in [6, 6.07) is 7.76. The van der Waals surface area contributed by atoms with Gasteiger partial charge < -0.3 is 15.0 Å². The van der Waals surface area contributed by atoms with Crippen LogP contribution in [0.2, 0.25) is 0 Å². The Hall–Kier alpha value is -2.37. The number of nitrogens with zero attached hydrogens (tertiary/aromatic N) is 1. The summed E-state index contributed by atoms with van der Waals surface area (Å²) in [6.07, 6.45) is 4.05. The molecule has 27 heavy (non-hydrogen) atoms. The van der Waals surface area contributed by atoms with Gasteiger partial charge in [0.15, 0.2) is 0 Å². The van der Waals surface area contributed by atoms with Crippen molar-refractivity contribution in [2.24, 2.45) is 17.8 Å². The van der Waals surface area contributed by atoms with Crippen molar-refractivity contribution in [1.82, 2.24) is 5.32 Å². The molecule has 2 aliphatic rings. The minimum absolute atomic E-state index is 0.0240. The highest BCUT2D eigenvalue weighted by Crippen LogP contribution is 2.31. The van der Waals surface area contributed by atoms with Gasteiger partial charge in [0.25, 0.3) is 0 Å². The molecule has 1 aliphatic heterocycles. The minimum Gasteiger partial charge on any atom is -0.469 e. The highest BCUT2D eigenvalue weighted by atomic mass is 16.5. The van der Waals surface area contributed by atoms with E-state index in [1.165, 1.54) is 7.11 Å². The molecular formula is C21H28N2O4. The average molecular weight is 372 g/mol. The van der Waals surface area contributed by atoms with Crippen LogP contribution in [0.15, 0.2) is 24.3 Å². The number of rotatable bonds is 5. The van der Waals surface area contributed by atoms with Crippen LogP contribution in [-0.2, 0) is 19.1 Å². The lowest BCUT2D eigenvalue weighted by atomic mass is 9.79. The van der Waals surface area contributed by atoms with Crippen LogP contribution in [0.4, 0.5) is 5.69 Å². The molecule has 2 fully saturated rings. The van der Waals surface area contributed by atoms with Gasteiger partial charge >= 0.3 is 5.97 Å². The predicted molar refractivity (Wildman–Crippen MR) is 102 cm³/mol. The molecule has 3 atom stereocenters. The first-order chi connectivity index (χ1) is 13.0. The van der Waals surface area contributed by atoms with Gasteiger partial charge in [-0.2, -0.15) is 0 Å². The third kappa shape index (κ3) is 4.49.